The van der Waals surface area contributed by atoms with E-state index in [1.54, 1.807) is 0 Å². The molecule has 0 saturated carbocycles. The molecule has 0 unspecified atom stereocenters. The van der Waals surface area contributed by atoms with Crippen LogP contribution in [0.3, 0.4) is 0 Å². The Hall–Kier alpha value is 0.360. The second kappa shape index (κ2) is 53.5. The lowest BCUT2D eigenvalue weighted by Crippen LogP contribution is -1.85. The quantitative estimate of drug-likeness (QED) is 0.527. The highest BCUT2D eigenvalue weighted by Gasteiger charge is 1.58. The minimum Gasteiger partial charge on any atom is -0.394 e. The summed E-state index contributed by atoms with van der Waals surface area (Å²) >= 11 is 0. The first kappa shape index (κ1) is 23.8. The van der Waals surface area contributed by atoms with Gasteiger partial charge in [0.25, 0.3) is 0 Å². The fraction of sp³-hybridized carbons (Fsp3) is 0.500. The van der Waals surface area contributed by atoms with Gasteiger partial charge in [-0.25, -0.2) is 0 Å². The maximum absolute atomic E-state index is 7.62. The molecule has 0 radical (unpaired) electrons. The van der Waals surface area contributed by atoms with E-state index in [4.69, 9.17) is 10.2 Å². The van der Waals surface area contributed by atoms with Gasteiger partial charge in [-0.3, -0.25) is 0 Å². The number of hydrogen-bond acceptors (Lipinski definition) is 2. The van der Waals surface area contributed by atoms with Gasteiger partial charge in [-0.15, -0.1) is 13.2 Å². The average Bonchev–Trinajstić information content (AvgIpc) is 1.72. The predicted octanol–water partition coefficient (Wildman–Crippen LogP) is -0.00120. The zero-order chi connectivity index (χ0) is 5.41. The van der Waals surface area contributed by atoms with Crippen LogP contribution in [0.1, 0.15) is 0 Å². The molecule has 0 aliphatic carbocycles. The molecule has 0 aromatic heterocycles. The van der Waals surface area contributed by atoms with Crippen LogP contribution < -0.4 is 0 Å². The van der Waals surface area contributed by atoms with E-state index in [-0.39, 0.29) is 40.2 Å². The van der Waals surface area contributed by atoms with E-state index in [1.807, 2.05) is 0 Å². The Kier molecular flexibility index (Phi) is 159. The Balaban J connectivity index is -0.0000000183. The van der Waals surface area contributed by atoms with Gasteiger partial charge in [0.05, 0.1) is 13.2 Å². The fourth-order valence-corrected chi connectivity index (χ4v) is 0. The smallest absolute Gasteiger partial charge is 0.0662 e. The molecule has 0 heterocycles. The van der Waals surface area contributed by atoms with E-state index in [0.717, 1.165) is 0 Å². The van der Waals surface area contributed by atoms with Crippen molar-refractivity contribution >= 4 is 27.0 Å². The van der Waals surface area contributed by atoms with Gasteiger partial charge in [0, 0.05) is 0 Å². The molecule has 0 aromatic rings. The zero-order valence-electron chi connectivity index (χ0n) is 4.72. The maximum Gasteiger partial charge on any atom is 0.0662 e. The molecule has 0 bridgehead atoms. The van der Waals surface area contributed by atoms with Crippen molar-refractivity contribution in [1.29, 1.82) is 0 Å². The topological polar surface area (TPSA) is 40.5 Å². The second-order valence-electron chi connectivity index (χ2n) is 0.447. The highest BCUT2D eigenvalue weighted by atomic mass is 32.1. The Bertz CT molecular complexity index is 19.5. The lowest BCUT2D eigenvalue weighted by Gasteiger charge is -1.70. The van der Waals surface area contributed by atoms with Gasteiger partial charge in [0.2, 0.25) is 0 Å². The van der Waals surface area contributed by atoms with Crippen LogP contribution in [0, 0.1) is 0 Å². The molecule has 0 spiro atoms. The SMILES string of the molecule is C=C.OCCO.S.S. The maximum atomic E-state index is 7.62. The van der Waals surface area contributed by atoms with Crippen LogP contribution in [-0.2, 0) is 0 Å². The van der Waals surface area contributed by atoms with Crippen molar-refractivity contribution in [3.8, 4) is 0 Å². The molecule has 2 nitrogen and oxygen atoms in total. The van der Waals surface area contributed by atoms with E-state index in [2.05, 4.69) is 13.2 Å². The Morgan fingerprint density at radius 2 is 1.00 bits per heavy atom. The minimum absolute atomic E-state index is 0. The van der Waals surface area contributed by atoms with Crippen LogP contribution in [-0.4, -0.2) is 23.4 Å². The molecular formula is C4H14O2S2. The molecule has 0 aliphatic rings. The van der Waals surface area contributed by atoms with Gasteiger partial charge in [-0.2, -0.15) is 27.0 Å². The predicted molar refractivity (Wildman–Crippen MR) is 46.2 cm³/mol. The van der Waals surface area contributed by atoms with Crippen LogP contribution in [0.2, 0.25) is 0 Å². The average molecular weight is 158 g/mol. The Morgan fingerprint density at radius 3 is 1.00 bits per heavy atom. The molecule has 0 atom stereocenters. The third-order valence-corrected chi connectivity index (χ3v) is 0.1000. The van der Waals surface area contributed by atoms with Crippen LogP contribution >= 0.6 is 27.0 Å². The Morgan fingerprint density at radius 1 is 0.875 bits per heavy atom. The van der Waals surface area contributed by atoms with E-state index in [0.29, 0.717) is 0 Å². The molecule has 0 saturated heterocycles. The van der Waals surface area contributed by atoms with E-state index in [9.17, 15) is 0 Å². The summed E-state index contributed by atoms with van der Waals surface area (Å²) in [6.07, 6.45) is 0. The summed E-state index contributed by atoms with van der Waals surface area (Å²) in [6.45, 7) is 5.75. The first-order valence-electron chi connectivity index (χ1n) is 1.63. The van der Waals surface area contributed by atoms with Crippen molar-refractivity contribution in [3.63, 3.8) is 0 Å². The summed E-state index contributed by atoms with van der Waals surface area (Å²) in [5.41, 5.74) is 0. The molecular weight excluding hydrogens is 144 g/mol. The number of aliphatic hydroxyl groups excluding tert-OH is 2. The highest BCUT2D eigenvalue weighted by molar-refractivity contribution is 7.59. The largest absolute Gasteiger partial charge is 0.394 e. The second-order valence-corrected chi connectivity index (χ2v) is 0.447. The van der Waals surface area contributed by atoms with Crippen molar-refractivity contribution in [2.75, 3.05) is 13.2 Å². The van der Waals surface area contributed by atoms with Crippen molar-refractivity contribution in [2.45, 2.75) is 0 Å². The third kappa shape index (κ3) is 98.8. The molecule has 4 heteroatoms. The molecule has 0 fully saturated rings. The van der Waals surface area contributed by atoms with Crippen molar-refractivity contribution in [1.82, 2.24) is 0 Å². The number of hydrogen-bond donors (Lipinski definition) is 2. The lowest BCUT2D eigenvalue weighted by atomic mass is 10.8. The van der Waals surface area contributed by atoms with Crippen molar-refractivity contribution in [2.24, 2.45) is 0 Å². The minimum atomic E-state index is -0.125. The summed E-state index contributed by atoms with van der Waals surface area (Å²) in [6, 6.07) is 0. The molecule has 2 N–H and O–H groups in total. The molecule has 0 aliphatic heterocycles. The van der Waals surface area contributed by atoms with Crippen molar-refractivity contribution in [3.05, 3.63) is 13.2 Å². The van der Waals surface area contributed by atoms with Gasteiger partial charge < -0.3 is 10.2 Å². The molecule has 8 heavy (non-hydrogen) atoms. The van der Waals surface area contributed by atoms with Crippen LogP contribution in [0.5, 0.6) is 0 Å². The number of rotatable bonds is 1. The molecule has 0 rings (SSSR count). The Labute approximate surface area is 64.1 Å². The van der Waals surface area contributed by atoms with Crippen LogP contribution in [0.4, 0.5) is 0 Å². The molecule has 0 aromatic carbocycles. The standard InChI is InChI=1S/C2H6O2.C2H4.2H2S/c3-1-2-4;1-2;;/h3-4H,1-2H2;1-2H2;2*1H2. The van der Waals surface area contributed by atoms with Crippen LogP contribution in [0.25, 0.3) is 0 Å². The third-order valence-electron chi connectivity index (χ3n) is 0.1000. The summed E-state index contributed by atoms with van der Waals surface area (Å²) in [5.74, 6) is 0. The van der Waals surface area contributed by atoms with E-state index < -0.39 is 0 Å². The number of aliphatic hydroxyl groups is 2. The van der Waals surface area contributed by atoms with Crippen LogP contribution in [0.15, 0.2) is 13.2 Å². The van der Waals surface area contributed by atoms with E-state index >= 15 is 0 Å². The van der Waals surface area contributed by atoms with Gasteiger partial charge in [-0.05, 0) is 0 Å². The highest BCUT2D eigenvalue weighted by Crippen LogP contribution is 1.39. The lowest BCUT2D eigenvalue weighted by molar-refractivity contribution is 0.186. The fourth-order valence-electron chi connectivity index (χ4n) is 0. The van der Waals surface area contributed by atoms with E-state index in [1.165, 1.54) is 0 Å². The monoisotopic (exact) mass is 158 g/mol. The van der Waals surface area contributed by atoms with Gasteiger partial charge in [0.1, 0.15) is 0 Å². The first-order valence-corrected chi connectivity index (χ1v) is 1.63. The van der Waals surface area contributed by atoms with Gasteiger partial charge >= 0.3 is 0 Å². The van der Waals surface area contributed by atoms with Gasteiger partial charge in [-0.1, -0.05) is 0 Å². The van der Waals surface area contributed by atoms with Crippen molar-refractivity contribution < 1.29 is 10.2 Å². The summed E-state index contributed by atoms with van der Waals surface area (Å²) in [5, 5.41) is 15.2. The summed E-state index contributed by atoms with van der Waals surface area (Å²) in [7, 11) is 0. The molecule has 0 amide bonds. The summed E-state index contributed by atoms with van der Waals surface area (Å²) in [4.78, 5) is 0. The normalized spacial score (nSPS) is 4.25. The first-order chi connectivity index (χ1) is 2.91. The summed E-state index contributed by atoms with van der Waals surface area (Å²) < 4.78 is 0. The van der Waals surface area contributed by atoms with Gasteiger partial charge in [0.15, 0.2) is 0 Å². The zero-order valence-corrected chi connectivity index (χ0v) is 6.72. The molecule has 54 valence electrons.